The normalized spacial score (nSPS) is 18.6. The maximum Gasteiger partial charge on any atom is 0.309 e. The lowest BCUT2D eigenvalue weighted by atomic mass is 9.93. The summed E-state index contributed by atoms with van der Waals surface area (Å²) in [6, 6.07) is 8.63. The smallest absolute Gasteiger partial charge is 0.309 e. The second-order valence-electron chi connectivity index (χ2n) is 8.81. The van der Waals surface area contributed by atoms with Gasteiger partial charge in [-0.1, -0.05) is 29.5 Å². The van der Waals surface area contributed by atoms with Crippen molar-refractivity contribution in [2.75, 3.05) is 32.8 Å². The summed E-state index contributed by atoms with van der Waals surface area (Å²) < 4.78 is 6.90. The van der Waals surface area contributed by atoms with E-state index in [1.165, 1.54) is 11.1 Å². The molecule has 172 valence electrons. The zero-order valence-corrected chi connectivity index (χ0v) is 19.1. The highest BCUT2D eigenvalue weighted by Crippen LogP contribution is 2.25. The number of carbonyl (C=O) groups excluding carboxylic acids is 2. The Morgan fingerprint density at radius 2 is 1.78 bits per heavy atom. The summed E-state index contributed by atoms with van der Waals surface area (Å²) in [5, 5.41) is 8.30. The van der Waals surface area contributed by atoms with Gasteiger partial charge in [-0.05, 0) is 63.7 Å². The van der Waals surface area contributed by atoms with E-state index in [0.717, 1.165) is 51.9 Å². The van der Waals surface area contributed by atoms with Crippen LogP contribution in [0.3, 0.4) is 0 Å². The quantitative estimate of drug-likeness (QED) is 0.644. The van der Waals surface area contributed by atoms with Crippen LogP contribution < -0.4 is 0 Å². The molecule has 0 saturated carbocycles. The zero-order valence-electron chi connectivity index (χ0n) is 19.1. The largest absolute Gasteiger partial charge is 0.466 e. The van der Waals surface area contributed by atoms with E-state index < -0.39 is 0 Å². The summed E-state index contributed by atoms with van der Waals surface area (Å²) in [7, 11) is 0. The first-order chi connectivity index (χ1) is 15.5. The highest BCUT2D eigenvalue weighted by atomic mass is 16.5. The zero-order chi connectivity index (χ0) is 22.5. The molecule has 2 aliphatic rings. The molecule has 2 fully saturated rings. The average molecular weight is 440 g/mol. The molecule has 2 aliphatic heterocycles. The van der Waals surface area contributed by atoms with Crippen LogP contribution >= 0.6 is 0 Å². The third kappa shape index (κ3) is 5.18. The van der Waals surface area contributed by atoms with Crippen LogP contribution in [0.1, 0.15) is 54.2 Å². The van der Waals surface area contributed by atoms with Crippen LogP contribution in [0.15, 0.2) is 30.5 Å². The van der Waals surface area contributed by atoms with E-state index in [-0.39, 0.29) is 17.8 Å². The lowest BCUT2D eigenvalue weighted by molar-refractivity contribution is -0.149. The molecule has 0 bridgehead atoms. The van der Waals surface area contributed by atoms with Crippen LogP contribution in [-0.4, -0.2) is 75.5 Å². The van der Waals surface area contributed by atoms with Gasteiger partial charge in [-0.15, -0.1) is 5.10 Å². The third-order valence-corrected chi connectivity index (χ3v) is 6.77. The molecule has 1 aromatic carbocycles. The van der Waals surface area contributed by atoms with Crippen molar-refractivity contribution in [3.63, 3.8) is 0 Å². The van der Waals surface area contributed by atoms with Crippen molar-refractivity contribution < 1.29 is 14.3 Å². The van der Waals surface area contributed by atoms with E-state index in [0.29, 0.717) is 24.9 Å². The first kappa shape index (κ1) is 22.5. The minimum absolute atomic E-state index is 0.0372. The number of esters is 1. The highest BCUT2D eigenvalue weighted by Gasteiger charge is 2.32. The third-order valence-electron chi connectivity index (χ3n) is 6.77. The number of hydrogen-bond acceptors (Lipinski definition) is 6. The molecular weight excluding hydrogens is 406 g/mol. The summed E-state index contributed by atoms with van der Waals surface area (Å²) in [5.41, 5.74) is 2.78. The molecule has 2 saturated heterocycles. The maximum atomic E-state index is 12.9. The Kier molecular flexibility index (Phi) is 7.19. The Balaban J connectivity index is 1.26. The molecule has 0 atom stereocenters. The summed E-state index contributed by atoms with van der Waals surface area (Å²) >= 11 is 0. The van der Waals surface area contributed by atoms with E-state index >= 15 is 0 Å². The summed E-state index contributed by atoms with van der Waals surface area (Å²) in [4.78, 5) is 29.3. The minimum Gasteiger partial charge on any atom is -0.466 e. The summed E-state index contributed by atoms with van der Waals surface area (Å²) in [6.07, 6.45) is 5.38. The van der Waals surface area contributed by atoms with Gasteiger partial charge in [0.2, 0.25) is 0 Å². The van der Waals surface area contributed by atoms with Crippen LogP contribution in [0.2, 0.25) is 0 Å². The Labute approximate surface area is 189 Å². The average Bonchev–Trinajstić information content (AvgIpc) is 3.29. The number of carbonyl (C=O) groups is 2. The number of amides is 1. The van der Waals surface area contributed by atoms with E-state index in [4.69, 9.17) is 4.74 Å². The second kappa shape index (κ2) is 10.3. The van der Waals surface area contributed by atoms with E-state index in [1.54, 1.807) is 10.9 Å². The van der Waals surface area contributed by atoms with Crippen molar-refractivity contribution in [1.82, 2.24) is 24.8 Å². The van der Waals surface area contributed by atoms with Crippen LogP contribution in [0.25, 0.3) is 0 Å². The van der Waals surface area contributed by atoms with Gasteiger partial charge in [0.15, 0.2) is 5.69 Å². The number of ether oxygens (including phenoxy) is 1. The predicted octanol–water partition coefficient (Wildman–Crippen LogP) is 2.51. The Morgan fingerprint density at radius 1 is 1.06 bits per heavy atom. The molecule has 2 aromatic rings. The molecule has 1 aromatic heterocycles. The number of hydrogen-bond donors (Lipinski definition) is 0. The van der Waals surface area contributed by atoms with E-state index in [9.17, 15) is 9.59 Å². The van der Waals surface area contributed by atoms with Crippen molar-refractivity contribution in [3.8, 4) is 0 Å². The molecule has 0 aliphatic carbocycles. The van der Waals surface area contributed by atoms with Crippen LogP contribution in [0.4, 0.5) is 0 Å². The lowest BCUT2D eigenvalue weighted by Gasteiger charge is -2.41. The number of aromatic nitrogens is 3. The van der Waals surface area contributed by atoms with Crippen molar-refractivity contribution in [2.24, 2.45) is 5.92 Å². The number of aryl methyl sites for hydroxylation is 1. The van der Waals surface area contributed by atoms with Crippen LogP contribution in [0.5, 0.6) is 0 Å². The minimum atomic E-state index is -0.0527. The predicted molar refractivity (Wildman–Crippen MR) is 120 cm³/mol. The maximum absolute atomic E-state index is 12.9. The molecule has 0 N–H and O–H groups in total. The van der Waals surface area contributed by atoms with Crippen molar-refractivity contribution in [1.29, 1.82) is 0 Å². The number of piperidine rings is 2. The SMILES string of the molecule is CCOC(=O)C1CCN(C2CCN(C(=O)c3cn(Cc4ccccc4C)nn3)CC2)CC1. The van der Waals surface area contributed by atoms with E-state index in [1.807, 2.05) is 24.0 Å². The van der Waals surface area contributed by atoms with Crippen molar-refractivity contribution >= 4 is 11.9 Å². The number of nitrogens with zero attached hydrogens (tertiary/aromatic N) is 5. The summed E-state index contributed by atoms with van der Waals surface area (Å²) in [6.45, 7) is 8.29. The molecule has 4 rings (SSSR count). The van der Waals surface area contributed by atoms with Gasteiger partial charge in [-0.3, -0.25) is 9.59 Å². The van der Waals surface area contributed by atoms with Crippen LogP contribution in [0, 0.1) is 12.8 Å². The van der Waals surface area contributed by atoms with Gasteiger partial charge in [0, 0.05) is 19.1 Å². The van der Waals surface area contributed by atoms with Crippen LogP contribution in [-0.2, 0) is 16.1 Å². The monoisotopic (exact) mass is 439 g/mol. The standard InChI is InChI=1S/C24H33N5O3/c1-3-32-24(31)19-8-12-27(13-9-19)21-10-14-28(15-11-21)23(30)22-17-29(26-25-22)16-20-7-5-4-6-18(20)2/h4-7,17,19,21H,3,8-16H2,1-2H3. The van der Waals surface area contributed by atoms with Crippen molar-refractivity contribution in [3.05, 3.63) is 47.3 Å². The van der Waals surface area contributed by atoms with Gasteiger partial charge in [0.25, 0.3) is 5.91 Å². The van der Waals surface area contributed by atoms with Crippen molar-refractivity contribution in [2.45, 2.75) is 52.1 Å². The Hall–Kier alpha value is -2.74. The Morgan fingerprint density at radius 3 is 2.47 bits per heavy atom. The number of rotatable bonds is 6. The van der Waals surface area contributed by atoms with E-state index in [2.05, 4.69) is 34.3 Å². The molecular formula is C24H33N5O3. The second-order valence-corrected chi connectivity index (χ2v) is 8.81. The van der Waals surface area contributed by atoms with Gasteiger partial charge in [0.1, 0.15) is 0 Å². The van der Waals surface area contributed by atoms with Gasteiger partial charge in [-0.25, -0.2) is 4.68 Å². The lowest BCUT2D eigenvalue weighted by Crippen LogP contribution is -2.49. The summed E-state index contributed by atoms with van der Waals surface area (Å²) in [5.74, 6) is -0.0568. The fourth-order valence-corrected chi connectivity index (χ4v) is 4.79. The molecule has 1 amide bonds. The van der Waals surface area contributed by atoms with Gasteiger partial charge in [0.05, 0.1) is 25.3 Å². The first-order valence-electron chi connectivity index (χ1n) is 11.7. The molecule has 0 spiro atoms. The van der Waals surface area contributed by atoms with Gasteiger partial charge < -0.3 is 14.5 Å². The fraction of sp³-hybridized carbons (Fsp3) is 0.583. The van der Waals surface area contributed by atoms with Gasteiger partial charge >= 0.3 is 5.97 Å². The molecule has 32 heavy (non-hydrogen) atoms. The molecule has 0 radical (unpaired) electrons. The highest BCUT2D eigenvalue weighted by molar-refractivity contribution is 5.92. The Bertz CT molecular complexity index is 927. The fourth-order valence-electron chi connectivity index (χ4n) is 4.79. The number of benzene rings is 1. The topological polar surface area (TPSA) is 80.6 Å². The molecule has 0 unspecified atom stereocenters. The molecule has 3 heterocycles. The first-order valence-corrected chi connectivity index (χ1v) is 11.7. The number of likely N-dealkylation sites (tertiary alicyclic amines) is 2. The van der Waals surface area contributed by atoms with Gasteiger partial charge in [-0.2, -0.15) is 0 Å². The molecule has 8 nitrogen and oxygen atoms in total. The molecule has 8 heteroatoms.